The lowest BCUT2D eigenvalue weighted by Crippen LogP contribution is -2.70. The highest BCUT2D eigenvalue weighted by Gasteiger charge is 2.62. The van der Waals surface area contributed by atoms with Crippen LogP contribution in [0.5, 0.6) is 11.5 Å². The maximum Gasteiger partial charge on any atom is 0.338 e. The molecule has 586 valence electrons. The summed E-state index contributed by atoms with van der Waals surface area (Å²) in [6.45, 7) is 14.5. The highest BCUT2D eigenvalue weighted by molar-refractivity contribution is 5.90. The Kier molecular flexibility index (Phi) is 35.4. The molecular formula is C74H104N6O26. The molecule has 4 aliphatic rings. The zero-order valence-corrected chi connectivity index (χ0v) is 62.4. The van der Waals surface area contributed by atoms with Gasteiger partial charge in [-0.3, -0.25) is 9.59 Å². The molecule has 0 bridgehead atoms. The fourth-order valence-corrected chi connectivity index (χ4v) is 12.5. The third kappa shape index (κ3) is 23.6. The van der Waals surface area contributed by atoms with Gasteiger partial charge in [0.15, 0.2) is 37.0 Å². The van der Waals surface area contributed by atoms with Crippen molar-refractivity contribution in [1.29, 1.82) is 0 Å². The number of hydrogen-bond donors (Lipinski definition) is 0. The summed E-state index contributed by atoms with van der Waals surface area (Å²) in [6, 6.07) is 19.5. The van der Waals surface area contributed by atoms with Gasteiger partial charge < -0.3 is 94.7 Å². The Morgan fingerprint density at radius 2 is 0.858 bits per heavy atom. The molecule has 3 aromatic carbocycles. The lowest BCUT2D eigenvalue weighted by atomic mass is 9.84. The number of carbonyl (C=O) groups excluding carboxylic acids is 6. The predicted molar refractivity (Wildman–Crippen MR) is 375 cm³/mol. The van der Waals surface area contributed by atoms with Crippen molar-refractivity contribution in [3.05, 3.63) is 117 Å². The molecule has 0 amide bonds. The molecule has 4 saturated heterocycles. The summed E-state index contributed by atoms with van der Waals surface area (Å²) in [5.74, 6) is -4.51. The summed E-state index contributed by atoms with van der Waals surface area (Å²) in [5, 5.41) is 8.52. The van der Waals surface area contributed by atoms with Gasteiger partial charge in [0.05, 0.1) is 62.4 Å². The quantitative estimate of drug-likeness (QED) is 0.0127. The number of methoxy groups -OCH3 is 3. The van der Waals surface area contributed by atoms with E-state index in [1.165, 1.54) is 26.2 Å². The van der Waals surface area contributed by atoms with Gasteiger partial charge in [-0.05, 0) is 106 Å². The molecule has 0 aromatic heterocycles. The molecule has 0 aliphatic carbocycles. The fraction of sp³-hybridized carbons (Fsp3) is 0.676. The van der Waals surface area contributed by atoms with Crippen LogP contribution in [0.3, 0.4) is 0 Å². The average Bonchev–Trinajstić information content (AvgIpc) is 0.749. The van der Waals surface area contributed by atoms with Crippen LogP contribution in [0, 0.1) is 0 Å². The number of carbonyl (C=O) groups is 6. The van der Waals surface area contributed by atoms with Gasteiger partial charge in [0.2, 0.25) is 6.29 Å². The fourth-order valence-electron chi connectivity index (χ4n) is 12.5. The molecule has 0 spiro atoms. The van der Waals surface area contributed by atoms with Crippen molar-refractivity contribution in [1.82, 2.24) is 0 Å². The molecule has 20 atom stereocenters. The minimum absolute atomic E-state index is 0.0352. The van der Waals surface area contributed by atoms with E-state index in [-0.39, 0.29) is 56.5 Å². The van der Waals surface area contributed by atoms with Crippen molar-refractivity contribution < 1.29 is 124 Å². The van der Waals surface area contributed by atoms with Gasteiger partial charge >= 0.3 is 35.8 Å². The second-order valence-corrected chi connectivity index (χ2v) is 26.1. The smallest absolute Gasteiger partial charge is 0.338 e. The monoisotopic (exact) mass is 1490 g/mol. The largest absolute Gasteiger partial charge is 0.497 e. The zero-order chi connectivity index (χ0) is 76.7. The van der Waals surface area contributed by atoms with E-state index >= 15 is 0 Å². The predicted octanol–water partition coefficient (Wildman–Crippen LogP) is 10.2. The summed E-state index contributed by atoms with van der Waals surface area (Å²) >= 11 is 0. The van der Waals surface area contributed by atoms with Crippen LogP contribution in [0.4, 0.5) is 0 Å². The molecular weight excluding hydrogens is 1390 g/mol. The van der Waals surface area contributed by atoms with Crippen molar-refractivity contribution in [2.24, 2.45) is 10.2 Å². The van der Waals surface area contributed by atoms with Gasteiger partial charge in [-0.25, -0.2) is 19.2 Å². The van der Waals surface area contributed by atoms with Crippen LogP contribution in [0.1, 0.15) is 147 Å². The summed E-state index contributed by atoms with van der Waals surface area (Å²) < 4.78 is 129. The number of unbranched alkanes of at least 4 members (excludes halogenated alkanes) is 5. The molecule has 0 saturated carbocycles. The van der Waals surface area contributed by atoms with E-state index in [1.807, 2.05) is 34.6 Å². The van der Waals surface area contributed by atoms with E-state index in [2.05, 4.69) is 20.1 Å². The Hall–Kier alpha value is -7.78. The van der Waals surface area contributed by atoms with E-state index in [0.717, 1.165) is 27.6 Å². The van der Waals surface area contributed by atoms with Crippen LogP contribution in [-0.4, -0.2) is 232 Å². The van der Waals surface area contributed by atoms with Crippen LogP contribution in [0.15, 0.2) is 95.2 Å². The summed E-state index contributed by atoms with van der Waals surface area (Å²) in [6.07, 6.45) is -22.3. The van der Waals surface area contributed by atoms with Gasteiger partial charge in [0.1, 0.15) is 79.6 Å². The minimum atomic E-state index is -1.97. The molecule has 0 N–H and O–H groups in total. The number of nitrogens with zero attached hydrogens (tertiary/aromatic N) is 6. The third-order valence-corrected chi connectivity index (χ3v) is 18.0. The zero-order valence-electron chi connectivity index (χ0n) is 62.4. The normalized spacial score (nSPS) is 28.6. The maximum atomic E-state index is 14.9. The number of benzene rings is 3. The Bertz CT molecular complexity index is 3300. The Morgan fingerprint density at radius 1 is 0.453 bits per heavy atom. The van der Waals surface area contributed by atoms with Gasteiger partial charge in [0, 0.05) is 56.7 Å². The minimum Gasteiger partial charge on any atom is -0.497 e. The third-order valence-electron chi connectivity index (χ3n) is 18.0. The Balaban J connectivity index is 1.38. The number of azide groups is 2. The molecule has 4 aliphatic heterocycles. The van der Waals surface area contributed by atoms with Crippen molar-refractivity contribution >= 4 is 35.8 Å². The molecule has 3 aromatic rings. The lowest BCUT2D eigenvalue weighted by Gasteiger charge is -2.53. The van der Waals surface area contributed by atoms with E-state index in [1.54, 1.807) is 86.6 Å². The van der Waals surface area contributed by atoms with Gasteiger partial charge in [0.25, 0.3) is 0 Å². The summed E-state index contributed by atoms with van der Waals surface area (Å²) in [5.41, 5.74) is 19.5. The topological polar surface area (TPSA) is 385 Å². The van der Waals surface area contributed by atoms with E-state index in [4.69, 9.17) is 94.7 Å². The van der Waals surface area contributed by atoms with Crippen molar-refractivity contribution in [3.63, 3.8) is 0 Å². The highest BCUT2D eigenvalue weighted by atomic mass is 16.8. The van der Waals surface area contributed by atoms with E-state index < -0.39 is 171 Å². The highest BCUT2D eigenvalue weighted by Crippen LogP contribution is 2.43. The van der Waals surface area contributed by atoms with E-state index in [9.17, 15) is 39.8 Å². The second kappa shape index (κ2) is 43.9. The van der Waals surface area contributed by atoms with Crippen molar-refractivity contribution in [3.8, 4) is 11.5 Å². The molecule has 32 heteroatoms. The van der Waals surface area contributed by atoms with Crippen LogP contribution in [0.2, 0.25) is 0 Å². The van der Waals surface area contributed by atoms with Crippen LogP contribution in [-0.2, 0) is 104 Å². The first kappa shape index (κ1) is 85.5. The molecule has 4 fully saturated rings. The van der Waals surface area contributed by atoms with Gasteiger partial charge in [-0.15, -0.1) is 0 Å². The summed E-state index contributed by atoms with van der Waals surface area (Å²) in [4.78, 5) is 90.6. The molecule has 8 unspecified atom stereocenters. The number of esters is 6. The average molecular weight is 1490 g/mol. The molecule has 32 nitrogen and oxygen atoms in total. The lowest BCUT2D eigenvalue weighted by molar-refractivity contribution is -0.365. The molecule has 4 heterocycles. The SMILES string of the molecule is CCCCOC1[C@@H](OC(C)(C)[C@@H]2OC(COC(C)=O)[C@@H](O[C@@H]3OC(C(=O)OC)[C@H](O[C@H]4OC(COC(C)=O)[C@@H](OCCCC)[C@H](OCCCC)C4N=[N+]=[N-])C(OCCCC)[C@@H]3OC(=O)c3ccccc3)[C@H](OCCCC)C2N=[N+]=[N-])C(C(=O)OC)O[C@@H](Oc2ccc(OC)cc2)[C@H]1OC(=O)c1ccccc1. The van der Waals surface area contributed by atoms with Gasteiger partial charge in [-0.2, -0.15) is 0 Å². The summed E-state index contributed by atoms with van der Waals surface area (Å²) in [7, 11) is 3.73. The second-order valence-electron chi connectivity index (χ2n) is 26.1. The molecule has 0 radical (unpaired) electrons. The maximum absolute atomic E-state index is 14.9. The Labute approximate surface area is 617 Å². The van der Waals surface area contributed by atoms with E-state index in [0.29, 0.717) is 63.5 Å². The van der Waals surface area contributed by atoms with Gasteiger partial charge in [-0.1, -0.05) is 113 Å². The van der Waals surface area contributed by atoms with Crippen molar-refractivity contribution in [2.75, 3.05) is 67.6 Å². The van der Waals surface area contributed by atoms with Crippen LogP contribution >= 0.6 is 0 Å². The standard InChI is InChI=1S/C74H104N6O26/c1-13-18-37-90-54-50(42-95-44(6)81)99-71(53(78-80-76)57(54)92-39-20-15-3)103-60-58(93-40-21-16-4)64(100-67(83)46-29-25-23-26-30-46)73(104-62(60)69(85)88-11)102-55-51(43-96-45(7)82)98-66(52(77-79-75)56(55)91-38-19-14-2)74(8,9)106-61-59(94-41-22-17-5)65(101-68(84)47-31-27-24-28-32-47)72(105-63(61)70(86)89-12)97-49-35-33-48(87-10)34-36-49/h23-36,50-66,71-73H,13-22,37-43H2,1-12H3/t50?,51?,52?,53?,54-,55-,56-,57-,58?,59?,60-,61-,62?,63?,64+,65+,66-,71-,72-,73-/m1/s1. The first-order valence-corrected chi connectivity index (χ1v) is 36.3. The van der Waals surface area contributed by atoms with Crippen LogP contribution in [0.25, 0.3) is 20.9 Å². The first-order chi connectivity index (χ1) is 51.2. The number of ether oxygens (including phenoxy) is 20. The van der Waals surface area contributed by atoms with Crippen molar-refractivity contribution in [2.45, 2.75) is 255 Å². The number of hydrogen-bond acceptors (Lipinski definition) is 28. The first-order valence-electron chi connectivity index (χ1n) is 36.3. The molecule has 7 rings (SSSR count). The van der Waals surface area contributed by atoms with Crippen LogP contribution < -0.4 is 9.47 Å². The molecule has 106 heavy (non-hydrogen) atoms. The number of rotatable bonds is 42. The Morgan fingerprint density at radius 3 is 1.32 bits per heavy atom.